The number of thiazole rings is 1. The van der Waals surface area contributed by atoms with Gasteiger partial charge in [0.15, 0.2) is 5.13 Å². The highest BCUT2D eigenvalue weighted by Crippen LogP contribution is 2.34. The van der Waals surface area contributed by atoms with Gasteiger partial charge in [-0.25, -0.2) is 4.98 Å². The molecular weight excluding hydrogens is 402 g/mol. The number of carbonyl (C=O) groups is 1. The van der Waals surface area contributed by atoms with Gasteiger partial charge in [-0.15, -0.1) is 11.8 Å². The largest absolute Gasteiger partial charge is 0.379 e. The first-order valence-corrected chi connectivity index (χ1v) is 11.8. The highest BCUT2D eigenvalue weighted by Gasteiger charge is 2.23. The number of rotatable bonds is 6. The average molecular weight is 428 g/mol. The van der Waals surface area contributed by atoms with Crippen LogP contribution in [0.25, 0.3) is 10.2 Å². The summed E-state index contributed by atoms with van der Waals surface area (Å²) in [5.74, 6) is 0.00279. The molecule has 2 aromatic carbocycles. The zero-order valence-corrected chi connectivity index (χ0v) is 18.4. The summed E-state index contributed by atoms with van der Waals surface area (Å²) in [4.78, 5) is 23.6. The van der Waals surface area contributed by atoms with Gasteiger partial charge < -0.3 is 4.74 Å². The summed E-state index contributed by atoms with van der Waals surface area (Å²) >= 11 is 3.27. The predicted octanol–water partition coefficient (Wildman–Crippen LogP) is 4.31. The quantitative estimate of drug-likeness (QED) is 0.549. The zero-order valence-electron chi connectivity index (χ0n) is 16.8. The molecule has 152 valence electrons. The molecule has 1 saturated heterocycles. The van der Waals surface area contributed by atoms with E-state index in [1.165, 1.54) is 0 Å². The number of carbonyl (C=O) groups excluding carboxylic acids is 1. The zero-order chi connectivity index (χ0) is 20.2. The third-order valence-corrected chi connectivity index (χ3v) is 6.92. The molecule has 1 aliphatic heterocycles. The molecule has 0 radical (unpaired) electrons. The molecule has 4 rings (SSSR count). The molecule has 1 aliphatic rings. The van der Waals surface area contributed by atoms with Crippen molar-refractivity contribution < 1.29 is 9.53 Å². The van der Waals surface area contributed by atoms with Crippen LogP contribution >= 0.6 is 23.1 Å². The molecule has 0 atom stereocenters. The van der Waals surface area contributed by atoms with Crippen LogP contribution in [-0.4, -0.2) is 61.4 Å². The molecular formula is C22H25N3O2S2. The van der Waals surface area contributed by atoms with Crippen molar-refractivity contribution in [3.8, 4) is 0 Å². The fraction of sp³-hybridized carbons (Fsp3) is 0.364. The van der Waals surface area contributed by atoms with Crippen molar-refractivity contribution in [2.24, 2.45) is 0 Å². The number of fused-ring (bicyclic) bond motifs is 1. The summed E-state index contributed by atoms with van der Waals surface area (Å²) in [5.41, 5.74) is 2.82. The van der Waals surface area contributed by atoms with Crippen molar-refractivity contribution in [1.82, 2.24) is 9.88 Å². The van der Waals surface area contributed by atoms with Gasteiger partial charge in [0.25, 0.3) is 5.91 Å². The van der Waals surface area contributed by atoms with E-state index in [0.717, 1.165) is 58.7 Å². The summed E-state index contributed by atoms with van der Waals surface area (Å²) < 4.78 is 6.56. The van der Waals surface area contributed by atoms with E-state index in [4.69, 9.17) is 9.72 Å². The number of para-hydroxylation sites is 1. The van der Waals surface area contributed by atoms with E-state index in [-0.39, 0.29) is 5.91 Å². The Balaban J connectivity index is 1.65. The van der Waals surface area contributed by atoms with Crippen LogP contribution in [0.2, 0.25) is 0 Å². The first-order valence-electron chi connectivity index (χ1n) is 9.78. The van der Waals surface area contributed by atoms with E-state index in [0.29, 0.717) is 12.1 Å². The molecule has 0 aliphatic carbocycles. The number of hydrogen-bond acceptors (Lipinski definition) is 6. The fourth-order valence-corrected chi connectivity index (χ4v) is 5.04. The second-order valence-electron chi connectivity index (χ2n) is 7.08. The Kier molecular flexibility index (Phi) is 6.50. The summed E-state index contributed by atoms with van der Waals surface area (Å²) in [5, 5.41) is 0.764. The average Bonchev–Trinajstić information content (AvgIpc) is 3.19. The van der Waals surface area contributed by atoms with E-state index in [9.17, 15) is 4.79 Å². The van der Waals surface area contributed by atoms with Gasteiger partial charge in [-0.2, -0.15) is 0 Å². The normalized spacial score (nSPS) is 15.0. The van der Waals surface area contributed by atoms with E-state index in [1.807, 2.05) is 36.1 Å². The number of amides is 1. The lowest BCUT2D eigenvalue weighted by Gasteiger charge is -2.29. The summed E-state index contributed by atoms with van der Waals surface area (Å²) in [6.07, 6.45) is 2.06. The maximum absolute atomic E-state index is 13.4. The van der Waals surface area contributed by atoms with Crippen molar-refractivity contribution in [3.05, 3.63) is 53.6 Å². The summed E-state index contributed by atoms with van der Waals surface area (Å²) in [7, 11) is 0. The minimum atomic E-state index is 0.00279. The molecule has 29 heavy (non-hydrogen) atoms. The Labute approximate surface area is 179 Å². The van der Waals surface area contributed by atoms with E-state index in [2.05, 4.69) is 29.4 Å². The van der Waals surface area contributed by atoms with Crippen LogP contribution in [0.5, 0.6) is 0 Å². The lowest BCUT2D eigenvalue weighted by Crippen LogP contribution is -2.43. The van der Waals surface area contributed by atoms with Gasteiger partial charge >= 0.3 is 0 Å². The number of nitrogens with zero attached hydrogens (tertiary/aromatic N) is 3. The van der Waals surface area contributed by atoms with Crippen LogP contribution in [-0.2, 0) is 4.74 Å². The van der Waals surface area contributed by atoms with Crippen LogP contribution in [0.1, 0.15) is 15.9 Å². The topological polar surface area (TPSA) is 45.7 Å². The van der Waals surface area contributed by atoms with Gasteiger partial charge in [0.2, 0.25) is 0 Å². The lowest BCUT2D eigenvalue weighted by molar-refractivity contribution is 0.0391. The molecule has 1 fully saturated rings. The molecule has 0 spiro atoms. The van der Waals surface area contributed by atoms with Crippen molar-refractivity contribution in [2.45, 2.75) is 11.8 Å². The van der Waals surface area contributed by atoms with E-state index < -0.39 is 0 Å². The fourth-order valence-electron chi connectivity index (χ4n) is 3.39. The lowest BCUT2D eigenvalue weighted by atomic mass is 10.1. The summed E-state index contributed by atoms with van der Waals surface area (Å²) in [6, 6.07) is 14.0. The maximum Gasteiger partial charge on any atom is 0.260 e. The number of ether oxygens (including phenoxy) is 1. The highest BCUT2D eigenvalue weighted by molar-refractivity contribution is 7.98. The summed E-state index contributed by atoms with van der Waals surface area (Å²) in [6.45, 7) is 6.77. The third-order valence-electron chi connectivity index (χ3n) is 5.11. The Morgan fingerprint density at radius 1 is 1.21 bits per heavy atom. The van der Waals surface area contributed by atoms with Gasteiger partial charge in [-0.1, -0.05) is 35.1 Å². The van der Waals surface area contributed by atoms with Gasteiger partial charge in [0.05, 0.1) is 23.4 Å². The molecule has 0 N–H and O–H groups in total. The molecule has 1 aromatic heterocycles. The molecule has 0 saturated carbocycles. The van der Waals surface area contributed by atoms with E-state index in [1.54, 1.807) is 23.1 Å². The molecule has 0 unspecified atom stereocenters. The van der Waals surface area contributed by atoms with Gasteiger partial charge in [0.1, 0.15) is 0 Å². The third kappa shape index (κ3) is 4.64. The van der Waals surface area contributed by atoms with Crippen LogP contribution in [0.4, 0.5) is 5.13 Å². The van der Waals surface area contributed by atoms with Crippen molar-refractivity contribution >= 4 is 44.4 Å². The number of thioether (sulfide) groups is 1. The van der Waals surface area contributed by atoms with Crippen molar-refractivity contribution in [3.63, 3.8) is 0 Å². The number of aryl methyl sites for hydroxylation is 1. The molecule has 2 heterocycles. The first kappa shape index (κ1) is 20.3. The van der Waals surface area contributed by atoms with Crippen molar-refractivity contribution in [2.75, 3.05) is 50.5 Å². The van der Waals surface area contributed by atoms with Crippen molar-refractivity contribution in [1.29, 1.82) is 0 Å². The second kappa shape index (κ2) is 9.26. The first-order chi connectivity index (χ1) is 14.2. The predicted molar refractivity (Wildman–Crippen MR) is 122 cm³/mol. The number of benzene rings is 2. The second-order valence-corrected chi connectivity index (χ2v) is 8.94. The van der Waals surface area contributed by atoms with Crippen LogP contribution in [0, 0.1) is 6.92 Å². The minimum Gasteiger partial charge on any atom is -0.379 e. The molecule has 3 aromatic rings. The minimum absolute atomic E-state index is 0.00279. The van der Waals surface area contributed by atoms with Crippen LogP contribution in [0.15, 0.2) is 47.4 Å². The van der Waals surface area contributed by atoms with Crippen LogP contribution in [0.3, 0.4) is 0 Å². The molecule has 1 amide bonds. The Hall–Kier alpha value is -1.93. The molecule has 5 nitrogen and oxygen atoms in total. The van der Waals surface area contributed by atoms with Gasteiger partial charge in [-0.3, -0.25) is 14.6 Å². The monoisotopic (exact) mass is 427 g/mol. The SMILES string of the molecule is CSc1cccc2sc(N(CCN3CCOCC3)C(=O)c3ccc(C)cc3)nc12. The number of morpholine rings is 1. The maximum atomic E-state index is 13.4. The number of hydrogen-bond donors (Lipinski definition) is 0. The molecule has 7 heteroatoms. The Bertz CT molecular complexity index is 981. The van der Waals surface area contributed by atoms with E-state index >= 15 is 0 Å². The number of aromatic nitrogens is 1. The number of anilines is 1. The van der Waals surface area contributed by atoms with Gasteiger partial charge in [0, 0.05) is 36.6 Å². The Morgan fingerprint density at radius 2 is 1.97 bits per heavy atom. The Morgan fingerprint density at radius 3 is 2.69 bits per heavy atom. The van der Waals surface area contributed by atoms with Crippen LogP contribution < -0.4 is 4.90 Å². The smallest absolute Gasteiger partial charge is 0.260 e. The highest BCUT2D eigenvalue weighted by atomic mass is 32.2. The molecule has 0 bridgehead atoms. The van der Waals surface area contributed by atoms with Gasteiger partial charge in [-0.05, 0) is 37.4 Å². The standard InChI is InChI=1S/C22H25N3O2S2/c1-16-6-8-17(9-7-16)21(26)25(11-10-24-12-14-27-15-13-24)22-23-20-18(28-2)4-3-5-19(20)29-22/h3-9H,10-15H2,1-2H3.